The highest BCUT2D eigenvalue weighted by atomic mass is 35.5. The number of carbonyl (C=O) groups is 3. The molecule has 0 bridgehead atoms. The first kappa shape index (κ1) is 23.0. The monoisotopic (exact) mass is 459 g/mol. The Labute approximate surface area is 189 Å². The van der Waals surface area contributed by atoms with Crippen molar-refractivity contribution in [1.29, 1.82) is 0 Å². The first-order chi connectivity index (χ1) is 15.4. The maximum atomic E-state index is 12.7. The molecule has 1 heterocycles. The van der Waals surface area contributed by atoms with E-state index in [1.165, 1.54) is 20.3 Å². The Hall–Kier alpha value is -3.72. The van der Waals surface area contributed by atoms with E-state index in [1.807, 2.05) is 6.92 Å². The summed E-state index contributed by atoms with van der Waals surface area (Å²) in [5.41, 5.74) is 0.853. The van der Waals surface area contributed by atoms with Crippen molar-refractivity contribution in [3.63, 3.8) is 0 Å². The molecular formula is C22H22ClN3O6. The number of ether oxygens (including phenoxy) is 3. The Kier molecular flexibility index (Phi) is 7.21. The quantitative estimate of drug-likeness (QED) is 0.463. The summed E-state index contributed by atoms with van der Waals surface area (Å²) < 4.78 is 15.9. The number of methoxy groups -OCH3 is 2. The Bertz CT molecular complexity index is 1090. The van der Waals surface area contributed by atoms with Gasteiger partial charge >= 0.3 is 6.03 Å². The van der Waals surface area contributed by atoms with Crippen LogP contribution in [0.4, 0.5) is 10.5 Å². The topological polar surface area (TPSA) is 106 Å². The third kappa shape index (κ3) is 4.94. The number of benzene rings is 2. The molecule has 0 atom stereocenters. The summed E-state index contributed by atoms with van der Waals surface area (Å²) >= 11 is 6.29. The second kappa shape index (κ2) is 10.1. The van der Waals surface area contributed by atoms with Crippen molar-refractivity contribution in [3.05, 3.63) is 52.7 Å². The Balaban J connectivity index is 1.78. The van der Waals surface area contributed by atoms with Crippen LogP contribution in [0.15, 0.2) is 42.1 Å². The zero-order valence-electron chi connectivity index (χ0n) is 17.7. The molecular weight excluding hydrogens is 438 g/mol. The minimum absolute atomic E-state index is 0.0189. The van der Waals surface area contributed by atoms with Crippen molar-refractivity contribution in [2.45, 2.75) is 6.92 Å². The van der Waals surface area contributed by atoms with Crippen LogP contribution in [-0.4, -0.2) is 50.1 Å². The van der Waals surface area contributed by atoms with Crippen LogP contribution in [0.2, 0.25) is 5.02 Å². The van der Waals surface area contributed by atoms with E-state index in [1.54, 1.807) is 36.4 Å². The van der Waals surface area contributed by atoms with Gasteiger partial charge in [-0.3, -0.25) is 9.59 Å². The molecule has 0 spiro atoms. The molecule has 0 aromatic heterocycles. The first-order valence-corrected chi connectivity index (χ1v) is 10.0. The van der Waals surface area contributed by atoms with Gasteiger partial charge in [-0.15, -0.1) is 0 Å². The highest BCUT2D eigenvalue weighted by Crippen LogP contribution is 2.34. The Morgan fingerprint density at radius 1 is 1.12 bits per heavy atom. The normalized spacial score (nSPS) is 14.4. The van der Waals surface area contributed by atoms with Crippen LogP contribution in [0.1, 0.15) is 12.5 Å². The lowest BCUT2D eigenvalue weighted by Crippen LogP contribution is -2.38. The molecule has 4 amide bonds. The van der Waals surface area contributed by atoms with E-state index >= 15 is 0 Å². The van der Waals surface area contributed by atoms with Gasteiger partial charge in [0.1, 0.15) is 18.0 Å². The molecule has 0 unspecified atom stereocenters. The number of anilines is 1. The molecule has 2 aromatic rings. The predicted molar refractivity (Wildman–Crippen MR) is 119 cm³/mol. The highest BCUT2D eigenvalue weighted by molar-refractivity contribution is 6.32. The fourth-order valence-corrected chi connectivity index (χ4v) is 3.25. The SMILES string of the molecule is CCOc1cc(/C=C2/NC(=O)N(CC(=O)Nc3ccccc3OC)C2=O)c(Cl)cc1OC. The van der Waals surface area contributed by atoms with Crippen molar-refractivity contribution in [3.8, 4) is 17.2 Å². The van der Waals surface area contributed by atoms with E-state index in [-0.39, 0.29) is 5.70 Å². The molecule has 10 heteroatoms. The van der Waals surface area contributed by atoms with Crippen LogP contribution in [0.25, 0.3) is 6.08 Å². The number of urea groups is 1. The van der Waals surface area contributed by atoms with E-state index in [0.29, 0.717) is 40.1 Å². The van der Waals surface area contributed by atoms with Crippen LogP contribution < -0.4 is 24.8 Å². The van der Waals surface area contributed by atoms with E-state index < -0.39 is 24.4 Å². The summed E-state index contributed by atoms with van der Waals surface area (Å²) in [5.74, 6) is 0.125. The number of halogens is 1. The van der Waals surface area contributed by atoms with Crippen molar-refractivity contribution in [1.82, 2.24) is 10.2 Å². The second-order valence-electron chi connectivity index (χ2n) is 6.59. The molecule has 1 aliphatic heterocycles. The van der Waals surface area contributed by atoms with Crippen LogP contribution in [0.5, 0.6) is 17.2 Å². The van der Waals surface area contributed by atoms with Crippen molar-refractivity contribution >= 4 is 41.2 Å². The van der Waals surface area contributed by atoms with Gasteiger partial charge in [0, 0.05) is 6.07 Å². The minimum Gasteiger partial charge on any atom is -0.495 e. The maximum absolute atomic E-state index is 12.7. The summed E-state index contributed by atoms with van der Waals surface area (Å²) in [5, 5.41) is 5.39. The second-order valence-corrected chi connectivity index (χ2v) is 6.99. The van der Waals surface area contributed by atoms with Gasteiger partial charge < -0.3 is 24.8 Å². The highest BCUT2D eigenvalue weighted by Gasteiger charge is 2.35. The fraction of sp³-hybridized carbons (Fsp3) is 0.227. The first-order valence-electron chi connectivity index (χ1n) is 9.65. The smallest absolute Gasteiger partial charge is 0.329 e. The largest absolute Gasteiger partial charge is 0.495 e. The number of hydrogen-bond donors (Lipinski definition) is 2. The number of rotatable bonds is 8. The average molecular weight is 460 g/mol. The molecule has 0 radical (unpaired) electrons. The van der Waals surface area contributed by atoms with Crippen molar-refractivity contribution < 1.29 is 28.6 Å². The summed E-state index contributed by atoms with van der Waals surface area (Å²) in [6.45, 7) is 1.75. The van der Waals surface area contributed by atoms with Gasteiger partial charge in [-0.1, -0.05) is 23.7 Å². The number of amides is 4. The zero-order chi connectivity index (χ0) is 23.3. The number of para-hydroxylation sites is 2. The molecule has 2 N–H and O–H groups in total. The molecule has 3 rings (SSSR count). The summed E-state index contributed by atoms with van der Waals surface area (Å²) in [4.78, 5) is 38.3. The Morgan fingerprint density at radius 2 is 1.84 bits per heavy atom. The minimum atomic E-state index is -0.717. The van der Waals surface area contributed by atoms with Gasteiger partial charge in [0.2, 0.25) is 5.91 Å². The number of imide groups is 1. The van der Waals surface area contributed by atoms with Gasteiger partial charge in [-0.05, 0) is 36.8 Å². The molecule has 2 aromatic carbocycles. The van der Waals surface area contributed by atoms with Crippen LogP contribution >= 0.6 is 11.6 Å². The molecule has 1 saturated heterocycles. The van der Waals surface area contributed by atoms with E-state index in [4.69, 9.17) is 25.8 Å². The van der Waals surface area contributed by atoms with Crippen LogP contribution in [-0.2, 0) is 9.59 Å². The molecule has 0 saturated carbocycles. The Morgan fingerprint density at radius 3 is 2.53 bits per heavy atom. The lowest BCUT2D eigenvalue weighted by Gasteiger charge is -2.13. The molecule has 1 fully saturated rings. The molecule has 32 heavy (non-hydrogen) atoms. The van der Waals surface area contributed by atoms with Gasteiger partial charge in [-0.2, -0.15) is 0 Å². The zero-order valence-corrected chi connectivity index (χ0v) is 18.5. The average Bonchev–Trinajstić information content (AvgIpc) is 3.03. The molecule has 168 valence electrons. The van der Waals surface area contributed by atoms with Crippen molar-refractivity contribution in [2.75, 3.05) is 32.7 Å². The third-order valence-electron chi connectivity index (χ3n) is 4.53. The lowest BCUT2D eigenvalue weighted by molar-refractivity contribution is -0.127. The van der Waals surface area contributed by atoms with E-state index in [9.17, 15) is 14.4 Å². The van der Waals surface area contributed by atoms with Gasteiger partial charge in [0.05, 0.1) is 31.5 Å². The number of hydrogen-bond acceptors (Lipinski definition) is 6. The van der Waals surface area contributed by atoms with Crippen molar-refractivity contribution in [2.24, 2.45) is 0 Å². The van der Waals surface area contributed by atoms with Crippen LogP contribution in [0.3, 0.4) is 0 Å². The van der Waals surface area contributed by atoms with E-state index in [0.717, 1.165) is 4.90 Å². The van der Waals surface area contributed by atoms with E-state index in [2.05, 4.69) is 10.6 Å². The molecule has 0 aliphatic carbocycles. The summed E-state index contributed by atoms with van der Waals surface area (Å²) in [6.07, 6.45) is 1.42. The predicted octanol–water partition coefficient (Wildman–Crippen LogP) is 3.29. The van der Waals surface area contributed by atoms with Gasteiger partial charge in [0.25, 0.3) is 5.91 Å². The van der Waals surface area contributed by atoms with Gasteiger partial charge in [0.15, 0.2) is 11.5 Å². The standard InChI is InChI=1S/C22H22ClN3O6/c1-4-32-19-10-13(14(23)11-18(19)31-3)9-16-21(28)26(22(29)25-16)12-20(27)24-15-7-5-6-8-17(15)30-2/h5-11H,4,12H2,1-3H3,(H,24,27)(H,25,29)/b16-9+. The third-order valence-corrected chi connectivity index (χ3v) is 4.86. The summed E-state index contributed by atoms with van der Waals surface area (Å²) in [7, 11) is 2.96. The van der Waals surface area contributed by atoms with Crippen LogP contribution in [0, 0.1) is 0 Å². The lowest BCUT2D eigenvalue weighted by atomic mass is 10.1. The number of nitrogens with zero attached hydrogens (tertiary/aromatic N) is 1. The summed E-state index contributed by atoms with van der Waals surface area (Å²) in [6, 6.07) is 9.25. The maximum Gasteiger partial charge on any atom is 0.329 e. The number of carbonyl (C=O) groups excluding carboxylic acids is 3. The molecule has 1 aliphatic rings. The number of nitrogens with one attached hydrogen (secondary N) is 2. The van der Waals surface area contributed by atoms with Gasteiger partial charge in [-0.25, -0.2) is 9.69 Å². The molecule has 9 nitrogen and oxygen atoms in total. The fourth-order valence-electron chi connectivity index (χ4n) is 3.04.